The molecule has 4 aromatic rings. The third-order valence-electron chi connectivity index (χ3n) is 8.39. The first-order chi connectivity index (χ1) is 20.3. The van der Waals surface area contributed by atoms with E-state index in [1.165, 1.54) is 38.8 Å². The van der Waals surface area contributed by atoms with Crippen molar-refractivity contribution < 1.29 is 13.2 Å². The average Bonchev–Trinajstić information content (AvgIpc) is 3.71. The van der Waals surface area contributed by atoms with Crippen molar-refractivity contribution >= 4 is 49.7 Å². The lowest BCUT2D eigenvalue weighted by Gasteiger charge is -2.38. The van der Waals surface area contributed by atoms with Gasteiger partial charge in [0.25, 0.3) is 0 Å². The van der Waals surface area contributed by atoms with Crippen LogP contribution in [0.5, 0.6) is 5.75 Å². The fraction of sp³-hybridized carbons (Fsp3) is 0.419. The number of hydrogen-bond donors (Lipinski definition) is 3. The number of para-hydroxylation sites is 1. The zero-order chi connectivity index (χ0) is 29.3. The van der Waals surface area contributed by atoms with Crippen LogP contribution in [0.15, 0.2) is 59.6 Å². The Morgan fingerprint density at radius 3 is 2.45 bits per heavy atom. The van der Waals surface area contributed by atoms with Crippen LogP contribution < -0.4 is 20.3 Å². The summed E-state index contributed by atoms with van der Waals surface area (Å²) in [4.78, 5) is 17.9. The molecule has 11 heteroatoms. The molecule has 0 atom stereocenters. The van der Waals surface area contributed by atoms with Crippen molar-refractivity contribution in [1.82, 2.24) is 19.9 Å². The Morgan fingerprint density at radius 1 is 0.952 bits per heavy atom. The molecule has 0 saturated carbocycles. The molecule has 10 nitrogen and oxygen atoms in total. The first kappa shape index (κ1) is 28.3. The summed E-state index contributed by atoms with van der Waals surface area (Å²) in [6.45, 7) is 7.92. The molecular formula is C31H39N7O3S. The quantitative estimate of drug-likeness (QED) is 0.226. The van der Waals surface area contributed by atoms with Gasteiger partial charge >= 0.3 is 0 Å². The number of rotatable bonds is 9. The zero-order valence-electron chi connectivity index (χ0n) is 24.4. The van der Waals surface area contributed by atoms with E-state index in [0.717, 1.165) is 24.5 Å². The number of sulfone groups is 1. The molecule has 0 aliphatic carbocycles. The number of nitrogens with one attached hydrogen (secondary N) is 3. The highest BCUT2D eigenvalue weighted by Gasteiger charge is 2.27. The van der Waals surface area contributed by atoms with Gasteiger partial charge in [-0.1, -0.05) is 12.1 Å². The lowest BCUT2D eigenvalue weighted by molar-refractivity contribution is 0.208. The smallest absolute Gasteiger partial charge is 0.229 e. The lowest BCUT2D eigenvalue weighted by Crippen LogP contribution is -2.43. The predicted molar refractivity (Wildman–Crippen MR) is 168 cm³/mol. The molecule has 2 fully saturated rings. The van der Waals surface area contributed by atoms with Crippen LogP contribution in [0.3, 0.4) is 0 Å². The second kappa shape index (κ2) is 11.8. The number of hydrogen-bond acceptors (Lipinski definition) is 9. The van der Waals surface area contributed by atoms with E-state index in [9.17, 15) is 8.42 Å². The van der Waals surface area contributed by atoms with Crippen molar-refractivity contribution in [3.63, 3.8) is 0 Å². The number of aromatic amines is 1. The predicted octanol–water partition coefficient (Wildman–Crippen LogP) is 5.70. The van der Waals surface area contributed by atoms with Crippen LogP contribution >= 0.6 is 0 Å². The van der Waals surface area contributed by atoms with Gasteiger partial charge in [-0.25, -0.2) is 13.4 Å². The molecule has 2 aliphatic heterocycles. The van der Waals surface area contributed by atoms with Gasteiger partial charge < -0.3 is 30.2 Å². The Bertz CT molecular complexity index is 1660. The van der Waals surface area contributed by atoms with Gasteiger partial charge in [0.2, 0.25) is 5.95 Å². The molecule has 2 aliphatic rings. The summed E-state index contributed by atoms with van der Waals surface area (Å²) < 4.78 is 31.9. The van der Waals surface area contributed by atoms with Crippen molar-refractivity contribution in [3.8, 4) is 5.75 Å². The molecule has 2 aromatic carbocycles. The Hall–Kier alpha value is -3.83. The van der Waals surface area contributed by atoms with E-state index in [0.29, 0.717) is 40.3 Å². The maximum atomic E-state index is 13.0. The highest BCUT2D eigenvalue weighted by atomic mass is 32.2. The van der Waals surface area contributed by atoms with E-state index in [1.54, 1.807) is 51.4 Å². The van der Waals surface area contributed by atoms with Gasteiger partial charge in [0.05, 0.1) is 34.1 Å². The van der Waals surface area contributed by atoms with Gasteiger partial charge in [-0.3, -0.25) is 0 Å². The largest absolute Gasteiger partial charge is 0.494 e. The van der Waals surface area contributed by atoms with Crippen LogP contribution in [0.4, 0.5) is 28.8 Å². The topological polar surface area (TPSA) is 115 Å². The summed E-state index contributed by atoms with van der Waals surface area (Å²) >= 11 is 0. The third-order valence-corrected chi connectivity index (χ3v) is 10.6. The molecule has 0 spiro atoms. The van der Waals surface area contributed by atoms with E-state index in [1.807, 2.05) is 12.1 Å². The second-order valence-electron chi connectivity index (χ2n) is 11.3. The van der Waals surface area contributed by atoms with E-state index in [4.69, 9.17) is 9.72 Å². The lowest BCUT2D eigenvalue weighted by atomic mass is 10.0. The molecule has 0 radical (unpaired) electrons. The fourth-order valence-electron chi connectivity index (χ4n) is 5.99. The Labute approximate surface area is 247 Å². The normalized spacial score (nSPS) is 16.8. The van der Waals surface area contributed by atoms with Crippen molar-refractivity contribution in [2.45, 2.75) is 55.7 Å². The van der Waals surface area contributed by atoms with Crippen molar-refractivity contribution in [3.05, 3.63) is 54.7 Å². The molecule has 2 aromatic heterocycles. The van der Waals surface area contributed by atoms with Crippen LogP contribution in [-0.4, -0.2) is 72.9 Å². The van der Waals surface area contributed by atoms with E-state index < -0.39 is 15.1 Å². The Kier molecular flexibility index (Phi) is 7.96. The highest BCUT2D eigenvalue weighted by molar-refractivity contribution is 7.92. The average molecular weight is 590 g/mol. The summed E-state index contributed by atoms with van der Waals surface area (Å²) in [5.41, 5.74) is 3.72. The number of H-pyrrole nitrogens is 1. The van der Waals surface area contributed by atoms with E-state index in [2.05, 4.69) is 42.5 Å². The first-order valence-electron chi connectivity index (χ1n) is 14.7. The Morgan fingerprint density at radius 2 is 1.71 bits per heavy atom. The van der Waals surface area contributed by atoms with Crippen molar-refractivity contribution in [2.24, 2.45) is 0 Å². The molecule has 3 N–H and O–H groups in total. The highest BCUT2D eigenvalue weighted by Crippen LogP contribution is 2.35. The first-order valence-corrected chi connectivity index (χ1v) is 16.3. The van der Waals surface area contributed by atoms with Crippen LogP contribution in [-0.2, 0) is 9.84 Å². The fourth-order valence-corrected chi connectivity index (χ4v) is 7.19. The minimum Gasteiger partial charge on any atom is -0.494 e. The zero-order valence-corrected chi connectivity index (χ0v) is 25.2. The van der Waals surface area contributed by atoms with Gasteiger partial charge in [0, 0.05) is 37.1 Å². The van der Waals surface area contributed by atoms with Gasteiger partial charge in [-0.2, -0.15) is 4.98 Å². The third kappa shape index (κ3) is 5.63. The molecule has 0 unspecified atom stereocenters. The molecule has 0 bridgehead atoms. The maximum Gasteiger partial charge on any atom is 0.229 e. The van der Waals surface area contributed by atoms with Crippen LogP contribution in [0.1, 0.15) is 39.5 Å². The Balaban J connectivity index is 1.24. The number of methoxy groups -OCH3 is 1. The van der Waals surface area contributed by atoms with Crippen LogP contribution in [0.25, 0.3) is 11.0 Å². The van der Waals surface area contributed by atoms with E-state index >= 15 is 0 Å². The summed E-state index contributed by atoms with van der Waals surface area (Å²) in [6.07, 6.45) is 6.82. The SMILES string of the molecule is COc1cc(N2CCC(N3CCCC3)CC2)ccc1Nc1nc(Nc2ccccc2S(=O)(=O)C(C)C)c2[nH]ccc2n1. The number of benzene rings is 2. The standard InChI is InChI=1S/C31H39N7O3S/c1-21(2)42(39,40)28-9-5-4-8-25(28)33-30-29-26(12-15-32-29)35-31(36-30)34-24-11-10-23(20-27(24)41-3)38-18-13-22(14-19-38)37-16-6-7-17-37/h4-5,8-12,15,20-22,32H,6-7,13-14,16-19H2,1-3H3,(H2,33,34,35,36). The number of piperidine rings is 1. The number of ether oxygens (including phenoxy) is 1. The van der Waals surface area contributed by atoms with Crippen molar-refractivity contribution in [1.29, 1.82) is 0 Å². The molecule has 0 amide bonds. The maximum absolute atomic E-state index is 13.0. The number of likely N-dealkylation sites (tertiary alicyclic amines) is 1. The number of aromatic nitrogens is 3. The monoisotopic (exact) mass is 589 g/mol. The molecule has 6 rings (SSSR count). The molecule has 2 saturated heterocycles. The summed E-state index contributed by atoms with van der Waals surface area (Å²) in [5.74, 6) is 1.54. The molecule has 4 heterocycles. The van der Waals surface area contributed by atoms with E-state index in [-0.39, 0.29) is 4.90 Å². The summed E-state index contributed by atoms with van der Waals surface area (Å²) in [6, 6.07) is 15.6. The summed E-state index contributed by atoms with van der Waals surface area (Å²) in [5, 5.41) is 6.02. The number of anilines is 5. The molecular weight excluding hydrogens is 550 g/mol. The number of fused-ring (bicyclic) bond motifs is 1. The second-order valence-corrected chi connectivity index (χ2v) is 13.8. The van der Waals surface area contributed by atoms with Gasteiger partial charge in [0.1, 0.15) is 11.3 Å². The minimum absolute atomic E-state index is 0.231. The molecule has 42 heavy (non-hydrogen) atoms. The van der Waals surface area contributed by atoms with Gasteiger partial charge in [0.15, 0.2) is 15.7 Å². The van der Waals surface area contributed by atoms with Gasteiger partial charge in [-0.15, -0.1) is 0 Å². The molecule has 222 valence electrons. The minimum atomic E-state index is -3.51. The number of nitrogens with zero attached hydrogens (tertiary/aromatic N) is 4. The van der Waals surface area contributed by atoms with Crippen LogP contribution in [0.2, 0.25) is 0 Å². The van der Waals surface area contributed by atoms with Gasteiger partial charge in [-0.05, 0) is 83.0 Å². The summed E-state index contributed by atoms with van der Waals surface area (Å²) in [7, 11) is -1.85. The van der Waals surface area contributed by atoms with Crippen LogP contribution in [0, 0.1) is 0 Å². The van der Waals surface area contributed by atoms with Crippen molar-refractivity contribution in [2.75, 3.05) is 48.8 Å².